The van der Waals surface area contributed by atoms with E-state index < -0.39 is 0 Å². The SMILES string of the molecule is N#Cc1cc(Cl)cc(N2CC(N)CC2=O)c1. The average Bonchev–Trinajstić information content (AvgIpc) is 2.57. The number of carbonyl (C=O) groups is 1. The summed E-state index contributed by atoms with van der Waals surface area (Å²) < 4.78 is 0. The molecule has 5 heteroatoms. The van der Waals surface area contributed by atoms with Crippen molar-refractivity contribution in [3.8, 4) is 6.07 Å². The van der Waals surface area contributed by atoms with E-state index in [2.05, 4.69) is 0 Å². The summed E-state index contributed by atoms with van der Waals surface area (Å²) in [6, 6.07) is 6.73. The van der Waals surface area contributed by atoms with Gasteiger partial charge in [-0.05, 0) is 18.2 Å². The topological polar surface area (TPSA) is 70.1 Å². The zero-order chi connectivity index (χ0) is 11.7. The molecule has 1 fully saturated rings. The Bertz CT molecular complexity index is 481. The van der Waals surface area contributed by atoms with Crippen molar-refractivity contribution in [2.75, 3.05) is 11.4 Å². The van der Waals surface area contributed by atoms with Crippen LogP contribution in [0.3, 0.4) is 0 Å². The summed E-state index contributed by atoms with van der Waals surface area (Å²) in [5, 5.41) is 9.26. The molecule has 0 aromatic heterocycles. The molecule has 0 aliphatic carbocycles. The fourth-order valence-electron chi connectivity index (χ4n) is 1.78. The van der Waals surface area contributed by atoms with Crippen LogP contribution in [0.15, 0.2) is 18.2 Å². The van der Waals surface area contributed by atoms with Crippen molar-refractivity contribution in [3.63, 3.8) is 0 Å². The average molecular weight is 236 g/mol. The molecule has 1 saturated heterocycles. The van der Waals surface area contributed by atoms with Crippen molar-refractivity contribution >= 4 is 23.2 Å². The number of halogens is 1. The lowest BCUT2D eigenvalue weighted by atomic mass is 10.2. The Kier molecular flexibility index (Phi) is 2.82. The molecule has 1 aliphatic rings. The number of hydrogen-bond donors (Lipinski definition) is 1. The predicted molar refractivity (Wildman–Crippen MR) is 61.1 cm³/mol. The van der Waals surface area contributed by atoms with Crippen LogP contribution in [0.2, 0.25) is 5.02 Å². The van der Waals surface area contributed by atoms with E-state index in [1.807, 2.05) is 6.07 Å². The standard InChI is InChI=1S/C11H10ClN3O/c12-8-1-7(5-13)2-10(3-8)15-6-9(14)4-11(15)16/h1-3,9H,4,6,14H2. The first-order valence-electron chi connectivity index (χ1n) is 4.87. The molecule has 1 aromatic carbocycles. The van der Waals surface area contributed by atoms with Crippen LogP contribution < -0.4 is 10.6 Å². The normalized spacial score (nSPS) is 19.9. The molecular weight excluding hydrogens is 226 g/mol. The summed E-state index contributed by atoms with van der Waals surface area (Å²) in [5.41, 5.74) is 6.78. The molecular formula is C11H10ClN3O. The molecule has 2 N–H and O–H groups in total. The molecule has 1 heterocycles. The lowest BCUT2D eigenvalue weighted by Gasteiger charge is -2.16. The predicted octanol–water partition coefficient (Wildman–Crippen LogP) is 1.28. The maximum atomic E-state index is 11.6. The molecule has 0 saturated carbocycles. The monoisotopic (exact) mass is 235 g/mol. The van der Waals surface area contributed by atoms with E-state index in [0.29, 0.717) is 29.2 Å². The lowest BCUT2D eigenvalue weighted by Crippen LogP contribution is -2.27. The van der Waals surface area contributed by atoms with Crippen LogP contribution in [0.5, 0.6) is 0 Å². The van der Waals surface area contributed by atoms with E-state index >= 15 is 0 Å². The van der Waals surface area contributed by atoms with Gasteiger partial charge in [0.25, 0.3) is 0 Å². The van der Waals surface area contributed by atoms with Crippen LogP contribution in [-0.2, 0) is 4.79 Å². The molecule has 0 bridgehead atoms. The highest BCUT2D eigenvalue weighted by molar-refractivity contribution is 6.31. The molecule has 1 aliphatic heterocycles. The summed E-state index contributed by atoms with van der Waals surface area (Å²) in [6.45, 7) is 0.476. The van der Waals surface area contributed by atoms with Gasteiger partial charge in [0.15, 0.2) is 0 Å². The fraction of sp³-hybridized carbons (Fsp3) is 0.273. The Hall–Kier alpha value is -1.57. The summed E-state index contributed by atoms with van der Waals surface area (Å²) in [5.74, 6) is -0.0290. The zero-order valence-corrected chi connectivity index (χ0v) is 9.24. The van der Waals surface area contributed by atoms with Crippen LogP contribution in [-0.4, -0.2) is 18.5 Å². The highest BCUT2D eigenvalue weighted by atomic mass is 35.5. The number of rotatable bonds is 1. The van der Waals surface area contributed by atoms with Gasteiger partial charge in [-0.15, -0.1) is 0 Å². The number of nitrogens with two attached hydrogens (primary N) is 1. The lowest BCUT2D eigenvalue weighted by molar-refractivity contribution is -0.117. The molecule has 1 atom stereocenters. The van der Waals surface area contributed by atoms with Crippen molar-refractivity contribution in [1.29, 1.82) is 5.26 Å². The van der Waals surface area contributed by atoms with E-state index in [9.17, 15) is 4.79 Å². The number of hydrogen-bond acceptors (Lipinski definition) is 3. The molecule has 1 aromatic rings. The minimum absolute atomic E-state index is 0.0290. The summed E-state index contributed by atoms with van der Waals surface area (Å²) in [6.07, 6.45) is 0.342. The summed E-state index contributed by atoms with van der Waals surface area (Å²) in [7, 11) is 0. The summed E-state index contributed by atoms with van der Waals surface area (Å²) in [4.78, 5) is 13.2. The minimum Gasteiger partial charge on any atom is -0.326 e. The third-order valence-corrected chi connectivity index (χ3v) is 2.70. The second kappa shape index (κ2) is 4.12. The first kappa shape index (κ1) is 10.9. The van der Waals surface area contributed by atoms with E-state index in [-0.39, 0.29) is 11.9 Å². The first-order chi connectivity index (χ1) is 7.60. The van der Waals surface area contributed by atoms with Gasteiger partial charge in [0.2, 0.25) is 5.91 Å². The third-order valence-electron chi connectivity index (χ3n) is 2.48. The smallest absolute Gasteiger partial charge is 0.228 e. The Balaban J connectivity index is 2.37. The molecule has 4 nitrogen and oxygen atoms in total. The van der Waals surface area contributed by atoms with Crippen LogP contribution in [0.1, 0.15) is 12.0 Å². The number of anilines is 1. The Morgan fingerprint density at radius 3 is 2.81 bits per heavy atom. The van der Waals surface area contributed by atoms with Gasteiger partial charge in [0, 0.05) is 29.7 Å². The highest BCUT2D eigenvalue weighted by Crippen LogP contribution is 2.25. The number of nitrogens with zero attached hydrogens (tertiary/aromatic N) is 2. The van der Waals surface area contributed by atoms with E-state index in [1.54, 1.807) is 23.1 Å². The Morgan fingerprint density at radius 1 is 1.50 bits per heavy atom. The Morgan fingerprint density at radius 2 is 2.25 bits per heavy atom. The van der Waals surface area contributed by atoms with Gasteiger partial charge in [-0.3, -0.25) is 4.79 Å². The Labute approximate surface area is 98.2 Å². The maximum absolute atomic E-state index is 11.6. The first-order valence-corrected chi connectivity index (χ1v) is 5.24. The molecule has 1 unspecified atom stereocenters. The molecule has 0 spiro atoms. The number of carbonyl (C=O) groups excluding carboxylic acids is 1. The van der Waals surface area contributed by atoms with Crippen LogP contribution in [0.25, 0.3) is 0 Å². The summed E-state index contributed by atoms with van der Waals surface area (Å²) >= 11 is 5.87. The zero-order valence-electron chi connectivity index (χ0n) is 8.48. The van der Waals surface area contributed by atoms with Gasteiger partial charge < -0.3 is 10.6 Å². The van der Waals surface area contributed by atoms with E-state index in [1.165, 1.54) is 0 Å². The quantitative estimate of drug-likeness (QED) is 0.797. The second-order valence-corrected chi connectivity index (χ2v) is 4.21. The maximum Gasteiger partial charge on any atom is 0.228 e. The minimum atomic E-state index is -0.142. The van der Waals surface area contributed by atoms with Gasteiger partial charge in [-0.2, -0.15) is 5.26 Å². The van der Waals surface area contributed by atoms with Crippen LogP contribution >= 0.6 is 11.6 Å². The van der Waals surface area contributed by atoms with Crippen molar-refractivity contribution in [2.24, 2.45) is 5.73 Å². The van der Waals surface area contributed by atoms with Crippen molar-refractivity contribution in [1.82, 2.24) is 0 Å². The molecule has 0 radical (unpaired) electrons. The third kappa shape index (κ3) is 2.01. The number of nitriles is 1. The van der Waals surface area contributed by atoms with Gasteiger partial charge in [-0.1, -0.05) is 11.6 Å². The molecule has 82 valence electrons. The van der Waals surface area contributed by atoms with Gasteiger partial charge in [0.05, 0.1) is 11.6 Å². The largest absolute Gasteiger partial charge is 0.326 e. The van der Waals surface area contributed by atoms with E-state index in [0.717, 1.165) is 0 Å². The van der Waals surface area contributed by atoms with E-state index in [4.69, 9.17) is 22.6 Å². The van der Waals surface area contributed by atoms with Crippen molar-refractivity contribution in [2.45, 2.75) is 12.5 Å². The molecule has 1 amide bonds. The van der Waals surface area contributed by atoms with Gasteiger partial charge in [0.1, 0.15) is 0 Å². The highest BCUT2D eigenvalue weighted by Gasteiger charge is 2.28. The molecule has 16 heavy (non-hydrogen) atoms. The van der Waals surface area contributed by atoms with Gasteiger partial charge in [-0.25, -0.2) is 0 Å². The van der Waals surface area contributed by atoms with Crippen LogP contribution in [0, 0.1) is 11.3 Å². The van der Waals surface area contributed by atoms with Crippen molar-refractivity contribution < 1.29 is 4.79 Å². The molecule has 2 rings (SSSR count). The second-order valence-electron chi connectivity index (χ2n) is 3.78. The fourth-order valence-corrected chi connectivity index (χ4v) is 2.01. The number of benzene rings is 1. The van der Waals surface area contributed by atoms with Gasteiger partial charge >= 0.3 is 0 Å². The number of amides is 1. The van der Waals surface area contributed by atoms with Crippen LogP contribution in [0.4, 0.5) is 5.69 Å². The van der Waals surface area contributed by atoms with Crippen molar-refractivity contribution in [3.05, 3.63) is 28.8 Å².